The molecular formula is C30H24N6O7S3. The summed E-state index contributed by atoms with van der Waals surface area (Å²) < 4.78 is 68.0. The van der Waals surface area contributed by atoms with Gasteiger partial charge in [0.1, 0.15) is 4.90 Å². The van der Waals surface area contributed by atoms with E-state index in [0.29, 0.717) is 28.1 Å². The van der Waals surface area contributed by atoms with E-state index in [0.717, 1.165) is 17.3 Å². The molecule has 0 aliphatic carbocycles. The Balaban J connectivity index is 1.43. The van der Waals surface area contributed by atoms with Crippen molar-refractivity contribution in [3.05, 3.63) is 101 Å². The van der Waals surface area contributed by atoms with Crippen LogP contribution in [0.4, 0.5) is 17.1 Å². The first kappa shape index (κ1) is 31.0. The molecule has 6 aromatic rings. The number of nitrogens with zero attached hydrogens (tertiary/aromatic N) is 5. The lowest BCUT2D eigenvalue weighted by Crippen LogP contribution is -2.13. The second kappa shape index (κ2) is 11.7. The fraction of sp³-hybridized carbons (Fsp3) is 0.0667. The van der Waals surface area contributed by atoms with Crippen LogP contribution in [0.5, 0.6) is 0 Å². The van der Waals surface area contributed by atoms with Crippen LogP contribution in [0.3, 0.4) is 0 Å². The summed E-state index contributed by atoms with van der Waals surface area (Å²) in [6.45, 7) is 0. The van der Waals surface area contributed by atoms with E-state index in [1.54, 1.807) is 24.3 Å². The van der Waals surface area contributed by atoms with Crippen LogP contribution in [-0.2, 0) is 20.2 Å². The monoisotopic (exact) mass is 676 g/mol. The second-order valence-electron chi connectivity index (χ2n) is 10.3. The number of azo groups is 1. The largest absolute Gasteiger partial charge is 0.378 e. The van der Waals surface area contributed by atoms with Crippen molar-refractivity contribution in [2.45, 2.75) is 9.79 Å². The van der Waals surface area contributed by atoms with Gasteiger partial charge in [-0.15, -0.1) is 16.5 Å². The van der Waals surface area contributed by atoms with E-state index in [1.807, 2.05) is 54.7 Å². The van der Waals surface area contributed by atoms with Crippen molar-refractivity contribution in [2.24, 2.45) is 10.2 Å². The zero-order valence-corrected chi connectivity index (χ0v) is 26.5. The summed E-state index contributed by atoms with van der Waals surface area (Å²) in [4.78, 5) is 18.9. The lowest BCUT2D eigenvalue weighted by molar-refractivity contribution is 0.482. The maximum Gasteiger partial charge on any atom is 0.301 e. The molecule has 0 saturated heterocycles. The number of anilines is 1. The normalized spacial score (nSPS) is 12.3. The van der Waals surface area contributed by atoms with E-state index in [1.165, 1.54) is 34.2 Å². The summed E-state index contributed by atoms with van der Waals surface area (Å²) in [5, 5.41) is 13.7. The molecular weight excluding hydrogens is 653 g/mol. The lowest BCUT2D eigenvalue weighted by atomic mass is 10.1. The number of aromatic amines is 1. The number of thiazole rings is 1. The molecule has 2 aromatic heterocycles. The maximum absolute atomic E-state index is 13.7. The van der Waals surface area contributed by atoms with Crippen LogP contribution in [0, 0.1) is 0 Å². The average Bonchev–Trinajstić information content (AvgIpc) is 3.63. The van der Waals surface area contributed by atoms with Crippen LogP contribution < -0.4 is 10.5 Å². The molecule has 0 fully saturated rings. The van der Waals surface area contributed by atoms with Crippen molar-refractivity contribution in [3.8, 4) is 27.6 Å². The van der Waals surface area contributed by atoms with Gasteiger partial charge < -0.3 is 4.90 Å². The molecule has 0 atom stereocenters. The molecule has 2 heterocycles. The van der Waals surface area contributed by atoms with Crippen molar-refractivity contribution in [1.29, 1.82) is 0 Å². The molecule has 4 aromatic carbocycles. The van der Waals surface area contributed by atoms with E-state index in [-0.39, 0.29) is 22.1 Å². The molecule has 0 saturated carbocycles. The van der Waals surface area contributed by atoms with Crippen LogP contribution in [0.25, 0.3) is 38.4 Å². The van der Waals surface area contributed by atoms with Gasteiger partial charge in [0.2, 0.25) is 5.13 Å². The number of benzene rings is 4. The minimum Gasteiger partial charge on any atom is -0.378 e. The first-order chi connectivity index (χ1) is 21.8. The second-order valence-corrected chi connectivity index (χ2v) is 13.9. The Morgan fingerprint density at radius 2 is 1.57 bits per heavy atom. The number of aromatic nitrogens is 3. The molecule has 46 heavy (non-hydrogen) atoms. The van der Waals surface area contributed by atoms with Crippen LogP contribution in [0.15, 0.2) is 115 Å². The minimum atomic E-state index is -4.85. The highest BCUT2D eigenvalue weighted by Crippen LogP contribution is 2.33. The average molecular weight is 677 g/mol. The molecule has 0 radical (unpaired) electrons. The summed E-state index contributed by atoms with van der Waals surface area (Å²) in [5.41, 5.74) is 3.17. The smallest absolute Gasteiger partial charge is 0.301 e. The Kier molecular flexibility index (Phi) is 7.91. The van der Waals surface area contributed by atoms with E-state index in [4.69, 9.17) is 0 Å². The van der Waals surface area contributed by atoms with Crippen molar-refractivity contribution >= 4 is 59.4 Å². The molecule has 234 valence electrons. The third-order valence-corrected chi connectivity index (χ3v) is 9.56. The number of hydrogen-bond acceptors (Lipinski definition) is 10. The van der Waals surface area contributed by atoms with Crippen LogP contribution in [0.2, 0.25) is 0 Å². The van der Waals surface area contributed by atoms with Gasteiger partial charge in [-0.05, 0) is 41.8 Å². The quantitative estimate of drug-likeness (QED) is 0.127. The summed E-state index contributed by atoms with van der Waals surface area (Å²) in [5.74, 6) is 0. The molecule has 0 bridgehead atoms. The highest BCUT2D eigenvalue weighted by Gasteiger charge is 2.22. The first-order valence-electron chi connectivity index (χ1n) is 13.4. The van der Waals surface area contributed by atoms with Crippen molar-refractivity contribution in [3.63, 3.8) is 0 Å². The predicted molar refractivity (Wildman–Crippen MR) is 175 cm³/mol. The van der Waals surface area contributed by atoms with Gasteiger partial charge in [-0.2, -0.15) is 26.6 Å². The Bertz CT molecular complexity index is 2410. The van der Waals surface area contributed by atoms with Crippen LogP contribution in [0.1, 0.15) is 0 Å². The molecule has 0 unspecified atom stereocenters. The summed E-state index contributed by atoms with van der Waals surface area (Å²) in [6, 6.07) is 22.5. The Labute approximate surface area is 266 Å². The standard InChI is InChI=1S/C30H24N6O7S3/c1-35(2)22-11-8-18(9-12-22)25-17-44-30(31-25)36-29(37)28(27(34-36)19-6-4-3-5-7-19)33-32-21-10-13-24-20(14-21)15-23(45(38,39)40)16-26(24)46(41,42)43/h3-17,34H,1-2H3,(H,38,39,40)(H,41,42,43). The molecule has 13 nitrogen and oxygen atoms in total. The van der Waals surface area contributed by atoms with Crippen LogP contribution >= 0.6 is 11.3 Å². The van der Waals surface area contributed by atoms with Gasteiger partial charge in [-0.25, -0.2) is 4.98 Å². The number of fused-ring (bicyclic) bond motifs is 1. The molecule has 0 aliphatic rings. The van der Waals surface area contributed by atoms with Gasteiger partial charge in [-0.3, -0.25) is 19.0 Å². The van der Waals surface area contributed by atoms with Gasteiger partial charge in [0.15, 0.2) is 5.69 Å². The highest BCUT2D eigenvalue weighted by molar-refractivity contribution is 7.86. The van der Waals surface area contributed by atoms with Crippen molar-refractivity contribution in [2.75, 3.05) is 19.0 Å². The van der Waals surface area contributed by atoms with Gasteiger partial charge >= 0.3 is 5.56 Å². The zero-order valence-electron chi connectivity index (χ0n) is 24.1. The number of nitrogens with one attached hydrogen (secondary N) is 1. The molecule has 0 aliphatic heterocycles. The van der Waals surface area contributed by atoms with Crippen molar-refractivity contribution in [1.82, 2.24) is 14.8 Å². The Morgan fingerprint density at radius 1 is 0.848 bits per heavy atom. The van der Waals surface area contributed by atoms with E-state index >= 15 is 0 Å². The molecule has 0 spiro atoms. The zero-order chi connectivity index (χ0) is 32.8. The van der Waals surface area contributed by atoms with Gasteiger partial charge in [0.05, 0.1) is 22.0 Å². The number of H-pyrrole nitrogens is 1. The predicted octanol–water partition coefficient (Wildman–Crippen LogP) is 6.08. The van der Waals surface area contributed by atoms with E-state index < -0.39 is 35.6 Å². The van der Waals surface area contributed by atoms with E-state index in [2.05, 4.69) is 20.3 Å². The minimum absolute atomic E-state index is 0.0150. The Morgan fingerprint density at radius 3 is 2.22 bits per heavy atom. The van der Waals surface area contributed by atoms with Crippen molar-refractivity contribution < 1.29 is 25.9 Å². The van der Waals surface area contributed by atoms with Gasteiger partial charge in [-0.1, -0.05) is 48.5 Å². The maximum atomic E-state index is 13.7. The summed E-state index contributed by atoms with van der Waals surface area (Å²) in [7, 11) is -5.77. The molecule has 16 heteroatoms. The topological polar surface area (TPSA) is 187 Å². The van der Waals surface area contributed by atoms with Crippen LogP contribution in [-0.4, -0.2) is 54.8 Å². The number of rotatable bonds is 8. The lowest BCUT2D eigenvalue weighted by Gasteiger charge is -2.12. The Hall–Kier alpha value is -5.00. The molecule has 3 N–H and O–H groups in total. The van der Waals surface area contributed by atoms with Gasteiger partial charge in [0, 0.05) is 41.7 Å². The fourth-order valence-corrected chi connectivity index (χ4v) is 6.87. The third kappa shape index (κ3) is 6.11. The fourth-order valence-electron chi connectivity index (χ4n) is 4.72. The third-order valence-electron chi connectivity index (χ3n) is 7.00. The number of hydrogen-bond donors (Lipinski definition) is 3. The first-order valence-corrected chi connectivity index (χ1v) is 17.1. The highest BCUT2D eigenvalue weighted by atomic mass is 32.2. The summed E-state index contributed by atoms with van der Waals surface area (Å²) in [6.07, 6.45) is 0. The van der Waals surface area contributed by atoms with E-state index in [9.17, 15) is 30.7 Å². The van der Waals surface area contributed by atoms with Gasteiger partial charge in [0.25, 0.3) is 20.2 Å². The SMILES string of the molecule is CN(C)c1ccc(-c2csc(-n3[nH]c(-c4ccccc4)c(N=Nc4ccc5c(S(=O)(=O)O)cc(S(=O)(=O)O)cc5c4)c3=O)n2)cc1. The molecule has 6 rings (SSSR count). The molecule has 0 amide bonds. The summed E-state index contributed by atoms with van der Waals surface area (Å²) >= 11 is 1.26.